The number of benzene rings is 2. The smallest absolute Gasteiger partial charge is 0.337 e. The number of nitrogens with one attached hydrogen (secondary N) is 2. The molecule has 4 rings (SSSR count). The first-order valence-electron chi connectivity index (χ1n) is 10.1. The van der Waals surface area contributed by atoms with Crippen LogP contribution in [0.5, 0.6) is 5.75 Å². The Bertz CT molecular complexity index is 1210. The maximum absolute atomic E-state index is 14.5. The first kappa shape index (κ1) is 21.3. The SMILES string of the molecule is CNc1cc(C(=O)N[C@]2(c3ccc(C)c(F)c3)CCOc3cccnc32)ccc1C(=O)O. The van der Waals surface area contributed by atoms with E-state index in [4.69, 9.17) is 4.74 Å². The number of hydrogen-bond acceptors (Lipinski definition) is 5. The van der Waals surface area contributed by atoms with Crippen molar-refractivity contribution in [2.45, 2.75) is 18.9 Å². The van der Waals surface area contributed by atoms with Crippen LogP contribution in [0.4, 0.5) is 10.1 Å². The standard InChI is InChI=1S/C24H22FN3O4/c1-14-5-7-16(13-18(14)25)24(9-11-32-20-4-3-10-27-21(20)24)28-22(29)15-6-8-17(23(30)31)19(12-15)26-2/h3-8,10,12-13,26H,9,11H2,1-2H3,(H,28,29)(H,30,31)/t24-/m0/s1. The zero-order valence-electron chi connectivity index (χ0n) is 17.6. The van der Waals surface area contributed by atoms with Crippen molar-refractivity contribution >= 4 is 17.6 Å². The van der Waals surface area contributed by atoms with Gasteiger partial charge in [0.1, 0.15) is 22.8 Å². The maximum Gasteiger partial charge on any atom is 0.337 e. The van der Waals surface area contributed by atoms with Gasteiger partial charge in [0.05, 0.1) is 12.2 Å². The fourth-order valence-corrected chi connectivity index (χ4v) is 3.94. The van der Waals surface area contributed by atoms with E-state index >= 15 is 0 Å². The summed E-state index contributed by atoms with van der Waals surface area (Å²) in [6.07, 6.45) is 1.94. The van der Waals surface area contributed by atoms with Crippen molar-refractivity contribution in [3.63, 3.8) is 0 Å². The van der Waals surface area contributed by atoms with Gasteiger partial charge in [0.15, 0.2) is 0 Å². The van der Waals surface area contributed by atoms with Crippen LogP contribution in [0.2, 0.25) is 0 Å². The zero-order valence-corrected chi connectivity index (χ0v) is 17.6. The summed E-state index contributed by atoms with van der Waals surface area (Å²) in [6.45, 7) is 1.97. The number of aromatic nitrogens is 1. The number of hydrogen-bond donors (Lipinski definition) is 3. The van der Waals surface area contributed by atoms with E-state index in [1.54, 1.807) is 44.4 Å². The highest BCUT2D eigenvalue weighted by Crippen LogP contribution is 2.41. The molecule has 0 unspecified atom stereocenters. The second kappa shape index (κ2) is 8.30. The Balaban J connectivity index is 1.82. The van der Waals surface area contributed by atoms with E-state index in [1.165, 1.54) is 24.3 Å². The fraction of sp³-hybridized carbons (Fsp3) is 0.208. The Morgan fingerprint density at radius 1 is 1.19 bits per heavy atom. The van der Waals surface area contributed by atoms with Crippen LogP contribution >= 0.6 is 0 Å². The van der Waals surface area contributed by atoms with Crippen molar-refractivity contribution in [3.8, 4) is 5.75 Å². The topological polar surface area (TPSA) is 101 Å². The summed E-state index contributed by atoms with van der Waals surface area (Å²) in [5, 5.41) is 15.2. The van der Waals surface area contributed by atoms with E-state index in [0.717, 1.165) is 0 Å². The van der Waals surface area contributed by atoms with Gasteiger partial charge in [0.25, 0.3) is 5.91 Å². The number of carboxylic acid groups (broad SMARTS) is 1. The molecule has 164 valence electrons. The molecule has 1 aliphatic heterocycles. The molecule has 2 heterocycles. The van der Waals surface area contributed by atoms with Gasteiger partial charge in [0.2, 0.25) is 0 Å². The minimum atomic E-state index is -1.12. The predicted octanol–water partition coefficient (Wildman–Crippen LogP) is 3.73. The van der Waals surface area contributed by atoms with Gasteiger partial charge in [-0.05, 0) is 54.4 Å². The highest BCUT2D eigenvalue weighted by Gasteiger charge is 2.43. The number of aromatic carboxylic acids is 1. The van der Waals surface area contributed by atoms with Gasteiger partial charge in [-0.15, -0.1) is 0 Å². The number of nitrogens with zero attached hydrogens (tertiary/aromatic N) is 1. The minimum Gasteiger partial charge on any atom is -0.491 e. The Labute approximate surface area is 184 Å². The molecule has 32 heavy (non-hydrogen) atoms. The van der Waals surface area contributed by atoms with Crippen LogP contribution in [0.1, 0.15) is 44.0 Å². The van der Waals surface area contributed by atoms with Crippen molar-refractivity contribution in [1.82, 2.24) is 10.3 Å². The van der Waals surface area contributed by atoms with Crippen LogP contribution < -0.4 is 15.4 Å². The van der Waals surface area contributed by atoms with Gasteiger partial charge in [-0.25, -0.2) is 9.18 Å². The number of anilines is 1. The van der Waals surface area contributed by atoms with E-state index in [1.807, 2.05) is 0 Å². The number of fused-ring (bicyclic) bond motifs is 1. The highest BCUT2D eigenvalue weighted by molar-refractivity contribution is 6.00. The molecule has 3 aromatic rings. The first-order valence-corrected chi connectivity index (χ1v) is 10.1. The Morgan fingerprint density at radius 3 is 2.72 bits per heavy atom. The van der Waals surface area contributed by atoms with Gasteiger partial charge in [-0.1, -0.05) is 12.1 Å². The van der Waals surface area contributed by atoms with Crippen molar-refractivity contribution in [2.75, 3.05) is 19.0 Å². The van der Waals surface area contributed by atoms with Crippen LogP contribution in [-0.4, -0.2) is 35.6 Å². The number of pyridine rings is 1. The average molecular weight is 435 g/mol. The number of amides is 1. The summed E-state index contributed by atoms with van der Waals surface area (Å²) in [4.78, 5) is 29.2. The summed E-state index contributed by atoms with van der Waals surface area (Å²) >= 11 is 0. The third-order valence-corrected chi connectivity index (χ3v) is 5.68. The lowest BCUT2D eigenvalue weighted by Crippen LogP contribution is -2.50. The first-order chi connectivity index (χ1) is 15.4. The van der Waals surface area contributed by atoms with Gasteiger partial charge in [0, 0.05) is 30.9 Å². The zero-order chi connectivity index (χ0) is 22.9. The van der Waals surface area contributed by atoms with E-state index in [2.05, 4.69) is 15.6 Å². The molecule has 1 aliphatic rings. The predicted molar refractivity (Wildman–Crippen MR) is 117 cm³/mol. The number of carbonyl (C=O) groups is 2. The van der Waals surface area contributed by atoms with E-state index in [-0.39, 0.29) is 16.9 Å². The van der Waals surface area contributed by atoms with Crippen molar-refractivity contribution < 1.29 is 23.8 Å². The quantitative estimate of drug-likeness (QED) is 0.565. The molecule has 1 atom stereocenters. The minimum absolute atomic E-state index is 0.0532. The van der Waals surface area contributed by atoms with Crippen molar-refractivity contribution in [2.24, 2.45) is 0 Å². The molecule has 8 heteroatoms. The number of halogens is 1. The van der Waals surface area contributed by atoms with Gasteiger partial charge >= 0.3 is 5.97 Å². The monoisotopic (exact) mass is 435 g/mol. The summed E-state index contributed by atoms with van der Waals surface area (Å²) in [7, 11) is 1.58. The van der Waals surface area contributed by atoms with E-state index in [9.17, 15) is 19.1 Å². The molecule has 0 saturated heterocycles. The number of aryl methyl sites for hydroxylation is 1. The summed E-state index contributed by atoms with van der Waals surface area (Å²) in [5.41, 5.74) is 1.03. The normalized spacial score (nSPS) is 17.1. The van der Waals surface area contributed by atoms with Crippen LogP contribution in [0.3, 0.4) is 0 Å². The molecule has 7 nitrogen and oxygen atoms in total. The third kappa shape index (κ3) is 3.64. The molecule has 1 amide bonds. The van der Waals surface area contributed by atoms with Crippen LogP contribution in [0, 0.1) is 12.7 Å². The molecule has 0 saturated carbocycles. The number of ether oxygens (including phenoxy) is 1. The molecule has 1 aromatic heterocycles. The largest absolute Gasteiger partial charge is 0.491 e. The van der Waals surface area contributed by atoms with Crippen LogP contribution in [-0.2, 0) is 5.54 Å². The van der Waals surface area contributed by atoms with Crippen molar-refractivity contribution in [3.05, 3.63) is 88.5 Å². The lowest BCUT2D eigenvalue weighted by atomic mass is 9.80. The Hall–Kier alpha value is -3.94. The molecule has 3 N–H and O–H groups in total. The van der Waals surface area contributed by atoms with Crippen molar-refractivity contribution in [1.29, 1.82) is 0 Å². The molecule has 0 fully saturated rings. The highest BCUT2D eigenvalue weighted by atomic mass is 19.1. The second-order valence-electron chi connectivity index (χ2n) is 7.59. The van der Waals surface area contributed by atoms with Gasteiger partial charge in [-0.2, -0.15) is 0 Å². The lowest BCUT2D eigenvalue weighted by Gasteiger charge is -2.39. The average Bonchev–Trinajstić information content (AvgIpc) is 2.80. The van der Waals surface area contributed by atoms with Gasteiger partial charge < -0.3 is 20.5 Å². The number of rotatable bonds is 5. The lowest BCUT2D eigenvalue weighted by molar-refractivity contribution is 0.0697. The molecular formula is C24H22FN3O4. The fourth-order valence-electron chi connectivity index (χ4n) is 3.94. The van der Waals surface area contributed by atoms with Crippen LogP contribution in [0.25, 0.3) is 0 Å². The summed E-state index contributed by atoms with van der Waals surface area (Å²) in [6, 6.07) is 12.6. The number of carboxylic acids is 1. The molecular weight excluding hydrogens is 413 g/mol. The molecule has 0 aliphatic carbocycles. The Kier molecular flexibility index (Phi) is 5.52. The van der Waals surface area contributed by atoms with E-state index < -0.39 is 17.4 Å². The van der Waals surface area contributed by atoms with Gasteiger partial charge in [-0.3, -0.25) is 9.78 Å². The number of carbonyl (C=O) groups excluding carboxylic acids is 1. The summed E-state index contributed by atoms with van der Waals surface area (Å²) in [5.74, 6) is -1.42. The molecule has 0 radical (unpaired) electrons. The molecule has 0 bridgehead atoms. The Morgan fingerprint density at radius 2 is 2.00 bits per heavy atom. The molecule has 2 aromatic carbocycles. The van der Waals surface area contributed by atoms with E-state index in [0.29, 0.717) is 41.3 Å². The third-order valence-electron chi connectivity index (χ3n) is 5.68. The second-order valence-corrected chi connectivity index (χ2v) is 7.59. The maximum atomic E-state index is 14.5. The molecule has 0 spiro atoms. The van der Waals surface area contributed by atoms with Crippen LogP contribution in [0.15, 0.2) is 54.7 Å². The summed E-state index contributed by atoms with van der Waals surface area (Å²) < 4.78 is 20.3.